The van der Waals surface area contributed by atoms with Crippen molar-refractivity contribution in [2.24, 2.45) is 0 Å². The van der Waals surface area contributed by atoms with Crippen molar-refractivity contribution in [1.82, 2.24) is 0 Å². The van der Waals surface area contributed by atoms with E-state index < -0.39 is 5.79 Å². The molecule has 0 fully saturated rings. The Morgan fingerprint density at radius 2 is 2.00 bits per heavy atom. The predicted octanol–water partition coefficient (Wildman–Crippen LogP) is 3.32. The molecule has 0 saturated carbocycles. The van der Waals surface area contributed by atoms with Crippen molar-refractivity contribution >= 4 is 16.8 Å². The SMILES string of the molecule is CO[C@@]1(Cc2ccc3c(c2)OCO3)Oc2c(ccc3occc23)C1=O. The van der Waals surface area contributed by atoms with Crippen LogP contribution in [0.3, 0.4) is 0 Å². The first kappa shape index (κ1) is 14.4. The van der Waals surface area contributed by atoms with E-state index >= 15 is 0 Å². The first-order valence-electron chi connectivity index (χ1n) is 7.88. The molecule has 3 heterocycles. The lowest BCUT2D eigenvalue weighted by Gasteiger charge is -2.25. The summed E-state index contributed by atoms with van der Waals surface area (Å²) in [6.45, 7) is 0.202. The van der Waals surface area contributed by atoms with Gasteiger partial charge in [-0.25, -0.2) is 0 Å². The van der Waals surface area contributed by atoms with E-state index in [0.717, 1.165) is 10.9 Å². The van der Waals surface area contributed by atoms with Crippen molar-refractivity contribution in [3.05, 3.63) is 53.8 Å². The van der Waals surface area contributed by atoms with Crippen molar-refractivity contribution in [1.29, 1.82) is 0 Å². The fourth-order valence-corrected chi connectivity index (χ4v) is 3.37. The first-order chi connectivity index (χ1) is 12.2. The van der Waals surface area contributed by atoms with Gasteiger partial charge < -0.3 is 23.4 Å². The van der Waals surface area contributed by atoms with E-state index in [9.17, 15) is 4.79 Å². The number of ether oxygens (including phenoxy) is 4. The molecule has 0 unspecified atom stereocenters. The number of hydrogen-bond donors (Lipinski definition) is 0. The number of rotatable bonds is 3. The molecule has 0 radical (unpaired) electrons. The molecular formula is C19H14O6. The van der Waals surface area contributed by atoms with Crippen molar-refractivity contribution in [3.63, 3.8) is 0 Å². The normalized spacial score (nSPS) is 20.8. The molecule has 2 aliphatic rings. The van der Waals surface area contributed by atoms with Crippen molar-refractivity contribution in [2.75, 3.05) is 13.9 Å². The van der Waals surface area contributed by atoms with Crippen LogP contribution in [0.4, 0.5) is 0 Å². The van der Waals surface area contributed by atoms with Crippen LogP contribution in [0.15, 0.2) is 47.1 Å². The summed E-state index contributed by atoms with van der Waals surface area (Å²) in [7, 11) is 1.48. The van der Waals surface area contributed by atoms with E-state index in [4.69, 9.17) is 23.4 Å². The topological polar surface area (TPSA) is 67.1 Å². The first-order valence-corrected chi connectivity index (χ1v) is 7.88. The van der Waals surface area contributed by atoms with Crippen molar-refractivity contribution in [2.45, 2.75) is 12.2 Å². The maximum atomic E-state index is 13.0. The summed E-state index contributed by atoms with van der Waals surface area (Å²) in [4.78, 5) is 13.0. The van der Waals surface area contributed by atoms with Crippen LogP contribution < -0.4 is 14.2 Å². The van der Waals surface area contributed by atoms with Gasteiger partial charge in [0.05, 0.1) is 17.2 Å². The van der Waals surface area contributed by atoms with Crippen LogP contribution in [0.5, 0.6) is 17.2 Å². The Morgan fingerprint density at radius 1 is 1.12 bits per heavy atom. The van der Waals surface area contributed by atoms with Crippen LogP contribution in [-0.2, 0) is 11.2 Å². The molecule has 5 rings (SSSR count). The zero-order valence-corrected chi connectivity index (χ0v) is 13.4. The Balaban J connectivity index is 1.55. The number of Topliss-reactive ketones (excluding diaryl/α,β-unsaturated/α-hetero) is 1. The van der Waals surface area contributed by atoms with Gasteiger partial charge in [-0.3, -0.25) is 4.79 Å². The van der Waals surface area contributed by atoms with Crippen LogP contribution in [0, 0.1) is 0 Å². The number of fused-ring (bicyclic) bond motifs is 4. The lowest BCUT2D eigenvalue weighted by atomic mass is 9.98. The lowest BCUT2D eigenvalue weighted by Crippen LogP contribution is -2.44. The molecule has 25 heavy (non-hydrogen) atoms. The maximum Gasteiger partial charge on any atom is 0.279 e. The molecule has 2 aliphatic heterocycles. The molecule has 0 bridgehead atoms. The summed E-state index contributed by atoms with van der Waals surface area (Å²) >= 11 is 0. The number of carbonyl (C=O) groups excluding carboxylic acids is 1. The van der Waals surface area contributed by atoms with E-state index in [0.29, 0.717) is 28.4 Å². The van der Waals surface area contributed by atoms with Crippen LogP contribution in [0.2, 0.25) is 0 Å². The zero-order chi connectivity index (χ0) is 17.0. The highest BCUT2D eigenvalue weighted by atomic mass is 16.7. The van der Waals surface area contributed by atoms with E-state index in [-0.39, 0.29) is 19.0 Å². The number of ketones is 1. The molecule has 6 nitrogen and oxygen atoms in total. The fraction of sp³-hybridized carbons (Fsp3) is 0.211. The molecule has 1 atom stereocenters. The molecule has 0 saturated heterocycles. The third-order valence-corrected chi connectivity index (χ3v) is 4.65. The van der Waals surface area contributed by atoms with Crippen molar-refractivity contribution < 1.29 is 28.2 Å². The monoisotopic (exact) mass is 338 g/mol. The van der Waals surface area contributed by atoms with Gasteiger partial charge in [0.25, 0.3) is 5.79 Å². The van der Waals surface area contributed by atoms with Gasteiger partial charge in [-0.05, 0) is 35.9 Å². The second-order valence-corrected chi connectivity index (χ2v) is 6.03. The van der Waals surface area contributed by atoms with Gasteiger partial charge in [-0.15, -0.1) is 0 Å². The van der Waals surface area contributed by atoms with Gasteiger partial charge in [0.1, 0.15) is 11.3 Å². The maximum absolute atomic E-state index is 13.0. The summed E-state index contributed by atoms with van der Waals surface area (Å²) in [6.07, 6.45) is 1.83. The van der Waals surface area contributed by atoms with Gasteiger partial charge in [0.2, 0.25) is 12.6 Å². The largest absolute Gasteiger partial charge is 0.464 e. The summed E-state index contributed by atoms with van der Waals surface area (Å²) in [5.41, 5.74) is 2.02. The van der Waals surface area contributed by atoms with Gasteiger partial charge >= 0.3 is 0 Å². The van der Waals surface area contributed by atoms with E-state index in [2.05, 4.69) is 0 Å². The lowest BCUT2D eigenvalue weighted by molar-refractivity contribution is -0.116. The second kappa shape index (κ2) is 5.00. The Morgan fingerprint density at radius 3 is 2.88 bits per heavy atom. The molecule has 3 aromatic rings. The predicted molar refractivity (Wildman–Crippen MR) is 87.2 cm³/mol. The fourth-order valence-electron chi connectivity index (χ4n) is 3.37. The second-order valence-electron chi connectivity index (χ2n) is 6.03. The van der Waals surface area contributed by atoms with Crippen LogP contribution in [0.25, 0.3) is 11.0 Å². The molecular weight excluding hydrogens is 324 g/mol. The highest BCUT2D eigenvalue weighted by molar-refractivity contribution is 6.11. The number of carbonyl (C=O) groups is 1. The van der Waals surface area contributed by atoms with Gasteiger partial charge in [0.15, 0.2) is 11.5 Å². The quantitative estimate of drug-likeness (QED) is 0.730. The minimum absolute atomic E-state index is 0.202. The molecule has 2 aromatic carbocycles. The van der Waals surface area contributed by atoms with Gasteiger partial charge in [0, 0.05) is 13.5 Å². The molecule has 126 valence electrons. The summed E-state index contributed by atoms with van der Waals surface area (Å²) in [6, 6.07) is 10.8. The molecule has 0 amide bonds. The summed E-state index contributed by atoms with van der Waals surface area (Å²) in [5.74, 6) is 0.243. The average molecular weight is 338 g/mol. The summed E-state index contributed by atoms with van der Waals surface area (Å²) < 4.78 is 27.7. The van der Waals surface area contributed by atoms with E-state index in [1.54, 1.807) is 24.5 Å². The number of furan rings is 1. The van der Waals surface area contributed by atoms with Crippen LogP contribution >= 0.6 is 0 Å². The zero-order valence-electron chi connectivity index (χ0n) is 13.4. The van der Waals surface area contributed by atoms with Gasteiger partial charge in [-0.2, -0.15) is 0 Å². The molecule has 6 heteroatoms. The Hall–Kier alpha value is -2.99. The van der Waals surface area contributed by atoms with E-state index in [1.165, 1.54) is 7.11 Å². The summed E-state index contributed by atoms with van der Waals surface area (Å²) in [5, 5.41) is 0.760. The number of benzene rings is 2. The molecule has 0 aliphatic carbocycles. The third kappa shape index (κ3) is 1.97. The highest BCUT2D eigenvalue weighted by Gasteiger charge is 2.49. The smallest absolute Gasteiger partial charge is 0.279 e. The number of hydrogen-bond acceptors (Lipinski definition) is 6. The Kier molecular flexibility index (Phi) is 2.87. The standard InChI is InChI=1S/C19H14O6/c1-21-19(9-11-2-4-15-16(8-11)24-10-23-15)18(20)13-3-5-14-12(6-7-22-14)17(13)25-19/h2-8H,9-10H2,1H3/t19-/m0/s1. The molecule has 0 spiro atoms. The average Bonchev–Trinajstić information content (AvgIpc) is 3.33. The number of methoxy groups -OCH3 is 1. The Labute approximate surface area is 142 Å². The van der Waals surface area contributed by atoms with Crippen LogP contribution in [-0.4, -0.2) is 25.5 Å². The highest BCUT2D eigenvalue weighted by Crippen LogP contribution is 2.43. The van der Waals surface area contributed by atoms with Crippen molar-refractivity contribution in [3.8, 4) is 17.2 Å². The molecule has 1 aromatic heterocycles. The minimum Gasteiger partial charge on any atom is -0.464 e. The Bertz CT molecular complexity index is 1000. The van der Waals surface area contributed by atoms with Crippen LogP contribution in [0.1, 0.15) is 15.9 Å². The molecule has 0 N–H and O–H groups in total. The van der Waals surface area contributed by atoms with E-state index in [1.807, 2.05) is 18.2 Å². The minimum atomic E-state index is -1.40. The third-order valence-electron chi connectivity index (χ3n) is 4.65. The van der Waals surface area contributed by atoms with Gasteiger partial charge in [-0.1, -0.05) is 6.07 Å².